The molecule has 0 saturated heterocycles. The van der Waals surface area contributed by atoms with Gasteiger partial charge in [-0.2, -0.15) is 4.68 Å². The van der Waals surface area contributed by atoms with E-state index in [0.29, 0.717) is 17.7 Å². The average molecular weight is 331 g/mol. The molecule has 1 aromatic heterocycles. The third kappa shape index (κ3) is 3.75. The summed E-state index contributed by atoms with van der Waals surface area (Å²) in [5.41, 5.74) is 6.85. The van der Waals surface area contributed by atoms with Crippen LogP contribution >= 0.6 is 0 Å². The highest BCUT2D eigenvalue weighted by Crippen LogP contribution is 2.20. The Balaban J connectivity index is 2.16. The molecular weight excluding hydrogens is 314 g/mol. The van der Waals surface area contributed by atoms with Crippen molar-refractivity contribution in [2.24, 2.45) is 10.9 Å². The molecule has 126 valence electrons. The van der Waals surface area contributed by atoms with Crippen LogP contribution in [0.25, 0.3) is 0 Å². The summed E-state index contributed by atoms with van der Waals surface area (Å²) in [4.78, 5) is 27.3. The molecule has 2 aromatic rings. The third-order valence-electron chi connectivity index (χ3n) is 3.35. The van der Waals surface area contributed by atoms with Gasteiger partial charge in [0, 0.05) is 5.56 Å². The van der Waals surface area contributed by atoms with E-state index in [-0.39, 0.29) is 11.7 Å². The summed E-state index contributed by atoms with van der Waals surface area (Å²) in [5.74, 6) is -0.967. The third-order valence-corrected chi connectivity index (χ3v) is 3.35. The molecule has 0 bridgehead atoms. The highest BCUT2D eigenvalue weighted by atomic mass is 16.7. The SMILES string of the molecule is CCC(C(=O)O/N=C(\N)c1ccccc1)n1nc([N+](=O)[O-])cc1C. The standard InChI is InChI=1S/C15H17N5O4/c1-3-12(19-10(2)9-13(17-19)20(22)23)15(21)24-18-14(16)11-7-5-4-6-8-11/h4-9,12H,3H2,1-2H3,(H2,16,18). The smallest absolute Gasteiger partial charge is 0.380 e. The first kappa shape index (κ1) is 17.1. The second kappa shape index (κ2) is 7.36. The molecule has 1 heterocycles. The first-order chi connectivity index (χ1) is 11.4. The quantitative estimate of drug-likeness (QED) is 0.283. The van der Waals surface area contributed by atoms with Crippen molar-refractivity contribution in [2.45, 2.75) is 26.3 Å². The van der Waals surface area contributed by atoms with E-state index in [1.807, 2.05) is 6.07 Å². The molecule has 2 rings (SSSR count). The molecule has 2 N–H and O–H groups in total. The van der Waals surface area contributed by atoms with Crippen LogP contribution in [0.5, 0.6) is 0 Å². The van der Waals surface area contributed by atoms with E-state index in [4.69, 9.17) is 10.6 Å². The number of aryl methyl sites for hydroxylation is 1. The minimum absolute atomic E-state index is 0.0574. The molecule has 1 unspecified atom stereocenters. The van der Waals surface area contributed by atoms with Gasteiger partial charge >= 0.3 is 11.8 Å². The average Bonchev–Trinajstić information content (AvgIpc) is 2.96. The second-order valence-corrected chi connectivity index (χ2v) is 5.02. The maximum absolute atomic E-state index is 12.2. The molecule has 9 heteroatoms. The summed E-state index contributed by atoms with van der Waals surface area (Å²) in [6.45, 7) is 3.36. The molecule has 0 fully saturated rings. The molecule has 0 aliphatic rings. The lowest BCUT2D eigenvalue weighted by atomic mass is 10.2. The van der Waals surface area contributed by atoms with Crippen molar-refractivity contribution in [1.82, 2.24) is 9.78 Å². The van der Waals surface area contributed by atoms with Crippen LogP contribution < -0.4 is 5.73 Å². The number of hydrogen-bond donors (Lipinski definition) is 1. The first-order valence-corrected chi connectivity index (χ1v) is 7.24. The van der Waals surface area contributed by atoms with Crippen molar-refractivity contribution in [3.05, 3.63) is 57.8 Å². The molecule has 0 amide bonds. The second-order valence-electron chi connectivity index (χ2n) is 5.02. The monoisotopic (exact) mass is 331 g/mol. The van der Waals surface area contributed by atoms with Crippen LogP contribution in [0.4, 0.5) is 5.82 Å². The van der Waals surface area contributed by atoms with Crippen LogP contribution in [0.15, 0.2) is 41.6 Å². The van der Waals surface area contributed by atoms with Crippen molar-refractivity contribution in [3.63, 3.8) is 0 Å². The minimum Gasteiger partial charge on any atom is -0.380 e. The number of nitrogens with zero attached hydrogens (tertiary/aromatic N) is 4. The molecule has 0 saturated carbocycles. The molecule has 0 spiro atoms. The summed E-state index contributed by atoms with van der Waals surface area (Å²) in [5, 5.41) is 18.2. The summed E-state index contributed by atoms with van der Waals surface area (Å²) < 4.78 is 1.26. The van der Waals surface area contributed by atoms with Gasteiger partial charge < -0.3 is 20.7 Å². The zero-order chi connectivity index (χ0) is 17.7. The fourth-order valence-electron chi connectivity index (χ4n) is 2.13. The summed E-state index contributed by atoms with van der Waals surface area (Å²) >= 11 is 0. The zero-order valence-corrected chi connectivity index (χ0v) is 13.2. The number of oxime groups is 1. The van der Waals surface area contributed by atoms with Gasteiger partial charge in [0.25, 0.3) is 0 Å². The highest BCUT2D eigenvalue weighted by Gasteiger charge is 2.28. The Morgan fingerprint density at radius 3 is 2.67 bits per heavy atom. The fourth-order valence-corrected chi connectivity index (χ4v) is 2.13. The Hall–Kier alpha value is -3.23. The van der Waals surface area contributed by atoms with Crippen molar-refractivity contribution >= 4 is 17.6 Å². The van der Waals surface area contributed by atoms with E-state index in [0.717, 1.165) is 0 Å². The van der Waals surface area contributed by atoms with Crippen LogP contribution in [0.3, 0.4) is 0 Å². The lowest BCUT2D eigenvalue weighted by Crippen LogP contribution is -2.23. The van der Waals surface area contributed by atoms with Crippen molar-refractivity contribution in [1.29, 1.82) is 0 Å². The maximum atomic E-state index is 12.2. The van der Waals surface area contributed by atoms with Gasteiger partial charge in [-0.3, -0.25) is 0 Å². The molecule has 24 heavy (non-hydrogen) atoms. The van der Waals surface area contributed by atoms with Crippen LogP contribution in [-0.4, -0.2) is 26.5 Å². The first-order valence-electron chi connectivity index (χ1n) is 7.24. The normalized spacial score (nSPS) is 12.7. The topological polar surface area (TPSA) is 126 Å². The van der Waals surface area contributed by atoms with Crippen molar-refractivity contribution in [2.75, 3.05) is 0 Å². The van der Waals surface area contributed by atoms with Gasteiger partial charge in [-0.05, 0) is 18.3 Å². The highest BCUT2D eigenvalue weighted by molar-refractivity contribution is 5.97. The summed E-state index contributed by atoms with van der Waals surface area (Å²) in [6, 6.07) is 9.30. The number of benzene rings is 1. The Morgan fingerprint density at radius 2 is 2.12 bits per heavy atom. The number of hydrogen-bond acceptors (Lipinski definition) is 6. The van der Waals surface area contributed by atoms with E-state index in [1.165, 1.54) is 10.7 Å². The Labute approximate surface area is 137 Å². The van der Waals surface area contributed by atoms with Gasteiger partial charge in [0.05, 0.1) is 16.9 Å². The van der Waals surface area contributed by atoms with Gasteiger partial charge in [-0.15, -0.1) is 0 Å². The fraction of sp³-hybridized carbons (Fsp3) is 0.267. The van der Waals surface area contributed by atoms with E-state index in [1.54, 1.807) is 38.1 Å². The molecule has 1 atom stereocenters. The molecule has 1 aromatic carbocycles. The summed E-state index contributed by atoms with van der Waals surface area (Å²) in [7, 11) is 0. The largest absolute Gasteiger partial charge is 0.390 e. The Bertz CT molecular complexity index is 769. The van der Waals surface area contributed by atoms with E-state index < -0.39 is 16.9 Å². The Kier molecular flexibility index (Phi) is 5.25. The predicted molar refractivity (Wildman–Crippen MR) is 86.2 cm³/mol. The number of carbonyl (C=O) groups excluding carboxylic acids is 1. The number of nitro groups is 1. The van der Waals surface area contributed by atoms with Crippen LogP contribution in [0.1, 0.15) is 30.6 Å². The number of nitrogens with two attached hydrogens (primary N) is 1. The lowest BCUT2D eigenvalue weighted by Gasteiger charge is -2.10. The molecule has 0 aliphatic heterocycles. The lowest BCUT2D eigenvalue weighted by molar-refractivity contribution is -0.389. The van der Waals surface area contributed by atoms with Gasteiger partial charge in [0.1, 0.15) is 0 Å². The van der Waals surface area contributed by atoms with E-state index >= 15 is 0 Å². The minimum atomic E-state index is -0.828. The molecule has 0 aliphatic carbocycles. The van der Waals surface area contributed by atoms with Crippen LogP contribution in [0, 0.1) is 17.0 Å². The van der Waals surface area contributed by atoms with E-state index in [2.05, 4.69) is 10.3 Å². The van der Waals surface area contributed by atoms with Gasteiger partial charge in [0.2, 0.25) is 0 Å². The predicted octanol–water partition coefficient (Wildman–Crippen LogP) is 1.91. The maximum Gasteiger partial charge on any atom is 0.390 e. The molecule has 0 radical (unpaired) electrons. The Morgan fingerprint density at radius 1 is 1.46 bits per heavy atom. The van der Waals surface area contributed by atoms with Crippen LogP contribution in [-0.2, 0) is 9.63 Å². The van der Waals surface area contributed by atoms with Crippen molar-refractivity contribution < 1.29 is 14.6 Å². The van der Waals surface area contributed by atoms with Gasteiger partial charge in [-0.25, -0.2) is 4.79 Å². The van der Waals surface area contributed by atoms with Crippen molar-refractivity contribution in [3.8, 4) is 0 Å². The molecular formula is C15H17N5O4. The number of amidine groups is 1. The number of rotatable bonds is 6. The number of aromatic nitrogens is 2. The van der Waals surface area contributed by atoms with Gasteiger partial charge in [0.15, 0.2) is 11.9 Å². The zero-order valence-electron chi connectivity index (χ0n) is 13.2. The van der Waals surface area contributed by atoms with Crippen LogP contribution in [0.2, 0.25) is 0 Å². The summed E-state index contributed by atoms with van der Waals surface area (Å²) in [6.07, 6.45) is 0.333. The van der Waals surface area contributed by atoms with Gasteiger partial charge in [-0.1, -0.05) is 42.4 Å². The number of carbonyl (C=O) groups is 1. The molecule has 9 nitrogen and oxygen atoms in total. The van der Waals surface area contributed by atoms with E-state index in [9.17, 15) is 14.9 Å².